The van der Waals surface area contributed by atoms with Crippen LogP contribution in [-0.2, 0) is 13.2 Å². The van der Waals surface area contributed by atoms with E-state index >= 15 is 0 Å². The van der Waals surface area contributed by atoms with Gasteiger partial charge in [-0.15, -0.1) is 11.3 Å². The summed E-state index contributed by atoms with van der Waals surface area (Å²) in [6, 6.07) is 2.33. The molecule has 1 heterocycles. The van der Waals surface area contributed by atoms with E-state index in [0.29, 0.717) is 11.3 Å². The van der Waals surface area contributed by atoms with E-state index in [1.165, 1.54) is 23.5 Å². The van der Waals surface area contributed by atoms with E-state index in [9.17, 15) is 8.78 Å². The van der Waals surface area contributed by atoms with Crippen LogP contribution in [0, 0.1) is 11.6 Å². The van der Waals surface area contributed by atoms with Gasteiger partial charge in [0.25, 0.3) is 0 Å². The Morgan fingerprint density at radius 2 is 2.00 bits per heavy atom. The van der Waals surface area contributed by atoms with Gasteiger partial charge in [0.05, 0.1) is 11.2 Å². The second-order valence-electron chi connectivity index (χ2n) is 3.36. The Morgan fingerprint density at radius 1 is 1.29 bits per heavy atom. The second kappa shape index (κ2) is 5.20. The summed E-state index contributed by atoms with van der Waals surface area (Å²) in [7, 11) is 0. The highest BCUT2D eigenvalue weighted by atomic mass is 32.1. The van der Waals surface area contributed by atoms with Gasteiger partial charge in [0, 0.05) is 11.9 Å². The van der Waals surface area contributed by atoms with Crippen molar-refractivity contribution in [1.29, 1.82) is 0 Å². The first-order valence-corrected chi connectivity index (χ1v) is 5.83. The van der Waals surface area contributed by atoms with Crippen LogP contribution in [0.2, 0.25) is 0 Å². The van der Waals surface area contributed by atoms with Crippen LogP contribution in [0.3, 0.4) is 0 Å². The second-order valence-corrected chi connectivity index (χ2v) is 4.08. The molecule has 0 aliphatic carbocycles. The zero-order chi connectivity index (χ0) is 12.3. The Morgan fingerprint density at radius 3 is 2.53 bits per heavy atom. The molecule has 0 fully saturated rings. The van der Waals surface area contributed by atoms with Crippen molar-refractivity contribution in [3.8, 4) is 5.75 Å². The summed E-state index contributed by atoms with van der Waals surface area (Å²) in [5, 5.41) is 1.75. The molecule has 2 aromatic rings. The quantitative estimate of drug-likeness (QED) is 0.914. The van der Waals surface area contributed by atoms with Gasteiger partial charge in [0.2, 0.25) is 0 Å². The van der Waals surface area contributed by atoms with E-state index < -0.39 is 17.4 Å². The summed E-state index contributed by atoms with van der Waals surface area (Å²) in [4.78, 5) is 3.95. The summed E-state index contributed by atoms with van der Waals surface area (Å²) in [5.74, 6) is -1.89. The van der Waals surface area contributed by atoms with Crippen molar-refractivity contribution in [3.63, 3.8) is 0 Å². The van der Waals surface area contributed by atoms with Crippen molar-refractivity contribution in [3.05, 3.63) is 45.9 Å². The van der Waals surface area contributed by atoms with Gasteiger partial charge in [-0.3, -0.25) is 0 Å². The Bertz CT molecular complexity index is 479. The minimum atomic E-state index is -0.749. The third kappa shape index (κ3) is 2.78. The van der Waals surface area contributed by atoms with Crippen molar-refractivity contribution in [2.75, 3.05) is 0 Å². The van der Waals surface area contributed by atoms with Gasteiger partial charge in [-0.1, -0.05) is 0 Å². The van der Waals surface area contributed by atoms with Gasteiger partial charge >= 0.3 is 0 Å². The molecule has 1 aromatic carbocycles. The lowest BCUT2D eigenvalue weighted by atomic mass is 10.2. The molecule has 0 saturated carbocycles. The average Bonchev–Trinajstić information content (AvgIpc) is 2.80. The number of ether oxygens (including phenoxy) is 1. The SMILES string of the molecule is NCc1cc(F)c(OCc2cscn2)c(F)c1. The van der Waals surface area contributed by atoms with Crippen LogP contribution >= 0.6 is 11.3 Å². The molecule has 0 spiro atoms. The third-order valence-electron chi connectivity index (χ3n) is 2.14. The predicted molar refractivity (Wildman–Crippen MR) is 60.7 cm³/mol. The van der Waals surface area contributed by atoms with Crippen LogP contribution in [0.1, 0.15) is 11.3 Å². The maximum absolute atomic E-state index is 13.5. The fourth-order valence-electron chi connectivity index (χ4n) is 1.32. The molecule has 0 radical (unpaired) electrons. The molecule has 3 nitrogen and oxygen atoms in total. The van der Waals surface area contributed by atoms with Crippen LogP contribution < -0.4 is 10.5 Å². The largest absolute Gasteiger partial charge is 0.481 e. The van der Waals surface area contributed by atoms with Gasteiger partial charge in [-0.2, -0.15) is 0 Å². The number of rotatable bonds is 4. The predicted octanol–water partition coefficient (Wildman–Crippen LogP) is 2.46. The molecule has 0 atom stereocenters. The van der Waals surface area contributed by atoms with Crippen molar-refractivity contribution in [2.24, 2.45) is 5.73 Å². The molecular weight excluding hydrogens is 246 g/mol. The summed E-state index contributed by atoms with van der Waals surface area (Å²) >= 11 is 1.39. The van der Waals surface area contributed by atoms with Gasteiger partial charge in [-0.25, -0.2) is 13.8 Å². The molecule has 2 N–H and O–H groups in total. The number of hydrogen-bond acceptors (Lipinski definition) is 4. The fourth-order valence-corrected chi connectivity index (χ4v) is 1.87. The molecular formula is C11H10F2N2OS. The first-order valence-electron chi connectivity index (χ1n) is 4.88. The smallest absolute Gasteiger partial charge is 0.191 e. The lowest BCUT2D eigenvalue weighted by Gasteiger charge is -2.08. The number of nitrogens with zero attached hydrogens (tertiary/aromatic N) is 1. The number of thiazole rings is 1. The Hall–Kier alpha value is -1.53. The van der Waals surface area contributed by atoms with Crippen LogP contribution in [0.5, 0.6) is 5.75 Å². The van der Waals surface area contributed by atoms with E-state index in [1.807, 2.05) is 0 Å². The molecule has 2 rings (SSSR count). The topological polar surface area (TPSA) is 48.1 Å². The van der Waals surface area contributed by atoms with Crippen LogP contribution in [0.4, 0.5) is 8.78 Å². The van der Waals surface area contributed by atoms with E-state index in [-0.39, 0.29) is 13.2 Å². The van der Waals surface area contributed by atoms with Gasteiger partial charge < -0.3 is 10.5 Å². The maximum Gasteiger partial charge on any atom is 0.191 e. The van der Waals surface area contributed by atoms with Gasteiger partial charge in [-0.05, 0) is 17.7 Å². The molecule has 0 unspecified atom stereocenters. The van der Waals surface area contributed by atoms with E-state index in [1.54, 1.807) is 10.9 Å². The third-order valence-corrected chi connectivity index (χ3v) is 2.78. The molecule has 1 aromatic heterocycles. The van der Waals surface area contributed by atoms with Crippen molar-refractivity contribution < 1.29 is 13.5 Å². The maximum atomic E-state index is 13.5. The van der Waals surface area contributed by atoms with E-state index in [0.717, 1.165) is 0 Å². The zero-order valence-electron chi connectivity index (χ0n) is 8.82. The average molecular weight is 256 g/mol. The number of benzene rings is 1. The van der Waals surface area contributed by atoms with Crippen LogP contribution in [0.25, 0.3) is 0 Å². The van der Waals surface area contributed by atoms with Crippen LogP contribution in [0.15, 0.2) is 23.0 Å². The minimum Gasteiger partial charge on any atom is -0.481 e. The van der Waals surface area contributed by atoms with Crippen molar-refractivity contribution >= 4 is 11.3 Å². The van der Waals surface area contributed by atoms with Crippen molar-refractivity contribution in [2.45, 2.75) is 13.2 Å². The van der Waals surface area contributed by atoms with Crippen molar-refractivity contribution in [1.82, 2.24) is 4.98 Å². The minimum absolute atomic E-state index is 0.0410. The molecule has 0 saturated heterocycles. The highest BCUT2D eigenvalue weighted by molar-refractivity contribution is 7.07. The Kier molecular flexibility index (Phi) is 3.65. The van der Waals surface area contributed by atoms with Crippen LogP contribution in [-0.4, -0.2) is 4.98 Å². The Labute approximate surface area is 101 Å². The fraction of sp³-hybridized carbons (Fsp3) is 0.182. The number of aromatic nitrogens is 1. The Balaban J connectivity index is 2.15. The summed E-state index contributed by atoms with van der Waals surface area (Å²) in [5.41, 5.74) is 7.96. The molecule has 0 aliphatic rings. The molecule has 6 heteroatoms. The van der Waals surface area contributed by atoms with Gasteiger partial charge in [0.15, 0.2) is 17.4 Å². The molecule has 0 bridgehead atoms. The highest BCUT2D eigenvalue weighted by Gasteiger charge is 2.12. The first kappa shape index (κ1) is 11.9. The molecule has 0 amide bonds. The van der Waals surface area contributed by atoms with Gasteiger partial charge in [0.1, 0.15) is 6.61 Å². The molecule has 0 aliphatic heterocycles. The summed E-state index contributed by atoms with van der Waals surface area (Å²) in [6.07, 6.45) is 0. The summed E-state index contributed by atoms with van der Waals surface area (Å²) < 4.78 is 32.0. The standard InChI is InChI=1S/C11H10F2N2OS/c12-9-1-7(3-14)2-10(13)11(9)16-4-8-5-17-6-15-8/h1-2,5-6H,3-4,14H2. The lowest BCUT2D eigenvalue weighted by molar-refractivity contribution is 0.270. The van der Waals surface area contributed by atoms with E-state index in [4.69, 9.17) is 10.5 Å². The molecule has 17 heavy (non-hydrogen) atoms. The summed E-state index contributed by atoms with van der Waals surface area (Å²) in [6.45, 7) is 0.125. The number of halogens is 2. The van der Waals surface area contributed by atoms with E-state index in [2.05, 4.69) is 4.98 Å². The number of hydrogen-bond donors (Lipinski definition) is 1. The highest BCUT2D eigenvalue weighted by Crippen LogP contribution is 2.24. The number of nitrogens with two attached hydrogens (primary N) is 1. The first-order chi connectivity index (χ1) is 8.20. The monoisotopic (exact) mass is 256 g/mol. The zero-order valence-corrected chi connectivity index (χ0v) is 9.64. The molecule has 90 valence electrons. The normalized spacial score (nSPS) is 10.5. The lowest BCUT2D eigenvalue weighted by Crippen LogP contribution is -2.03.